The maximum Gasteiger partial charge on any atom is 0.387 e. The van der Waals surface area contributed by atoms with Crippen molar-refractivity contribution in [1.29, 1.82) is 0 Å². The quantitative estimate of drug-likeness (QED) is 0.879. The van der Waals surface area contributed by atoms with E-state index in [2.05, 4.69) is 10.1 Å². The number of nitrogens with one attached hydrogen (secondary N) is 1. The molecule has 0 heterocycles. The normalized spacial score (nSPS) is 17.5. The van der Waals surface area contributed by atoms with Gasteiger partial charge in [-0.05, 0) is 37.1 Å². The molecule has 0 bridgehead atoms. The van der Waals surface area contributed by atoms with Gasteiger partial charge in [0.1, 0.15) is 5.75 Å². The van der Waals surface area contributed by atoms with E-state index in [9.17, 15) is 18.7 Å². The number of amides is 1. The third-order valence-corrected chi connectivity index (χ3v) is 3.83. The molecule has 1 saturated carbocycles. The van der Waals surface area contributed by atoms with Crippen molar-refractivity contribution in [2.45, 2.75) is 44.3 Å². The smallest absolute Gasteiger partial charge is 0.387 e. The number of aliphatic hydroxyl groups excluding tert-OH is 1. The minimum Gasteiger partial charge on any atom is -0.435 e. The maximum absolute atomic E-state index is 12.2. The van der Waals surface area contributed by atoms with E-state index in [1.54, 1.807) is 0 Å². The van der Waals surface area contributed by atoms with Gasteiger partial charge in [-0.2, -0.15) is 8.78 Å². The van der Waals surface area contributed by atoms with E-state index in [1.807, 2.05) is 0 Å². The molecule has 2 rings (SSSR count). The van der Waals surface area contributed by atoms with Crippen LogP contribution in [0.25, 0.3) is 0 Å². The lowest BCUT2D eigenvalue weighted by Crippen LogP contribution is -2.52. The third kappa shape index (κ3) is 4.14. The Morgan fingerprint density at radius 3 is 2.38 bits per heavy atom. The second-order valence-corrected chi connectivity index (χ2v) is 5.36. The zero-order valence-electron chi connectivity index (χ0n) is 11.6. The van der Waals surface area contributed by atoms with Gasteiger partial charge in [0.15, 0.2) is 0 Å². The first kappa shape index (κ1) is 15.7. The van der Waals surface area contributed by atoms with Gasteiger partial charge in [0.2, 0.25) is 0 Å². The lowest BCUT2D eigenvalue weighted by Gasteiger charge is -2.36. The average Bonchev–Trinajstić information content (AvgIpc) is 2.48. The van der Waals surface area contributed by atoms with Crippen LogP contribution in [0.15, 0.2) is 24.3 Å². The van der Waals surface area contributed by atoms with E-state index < -0.39 is 12.2 Å². The Labute approximate surface area is 122 Å². The summed E-state index contributed by atoms with van der Waals surface area (Å²) in [5, 5.41) is 12.4. The molecule has 1 aromatic carbocycles. The monoisotopic (exact) mass is 299 g/mol. The number of ether oxygens (including phenoxy) is 1. The van der Waals surface area contributed by atoms with E-state index in [0.717, 1.165) is 32.1 Å². The standard InChI is InChI=1S/C15H19F2NO3/c16-14(17)21-12-6-4-11(5-7-12)13(20)18-15(10-19)8-2-1-3-9-15/h4-7,14,19H,1-3,8-10H2,(H,18,20). The summed E-state index contributed by atoms with van der Waals surface area (Å²) in [7, 11) is 0. The van der Waals surface area contributed by atoms with Crippen molar-refractivity contribution >= 4 is 5.91 Å². The number of alkyl halides is 2. The van der Waals surface area contributed by atoms with E-state index in [4.69, 9.17) is 0 Å². The second-order valence-electron chi connectivity index (χ2n) is 5.36. The average molecular weight is 299 g/mol. The lowest BCUT2D eigenvalue weighted by molar-refractivity contribution is -0.0498. The predicted molar refractivity (Wildman–Crippen MR) is 73.4 cm³/mol. The molecular formula is C15H19F2NO3. The van der Waals surface area contributed by atoms with Crippen molar-refractivity contribution in [3.8, 4) is 5.75 Å². The molecule has 0 aliphatic heterocycles. The van der Waals surface area contributed by atoms with E-state index in [1.165, 1.54) is 24.3 Å². The Morgan fingerprint density at radius 2 is 1.86 bits per heavy atom. The van der Waals surface area contributed by atoms with Gasteiger partial charge < -0.3 is 15.2 Å². The molecule has 4 nitrogen and oxygen atoms in total. The summed E-state index contributed by atoms with van der Waals surface area (Å²) >= 11 is 0. The molecule has 2 N–H and O–H groups in total. The maximum atomic E-state index is 12.2. The van der Waals surface area contributed by atoms with Crippen molar-refractivity contribution in [2.75, 3.05) is 6.61 Å². The Hall–Kier alpha value is -1.69. The molecule has 1 aromatic rings. The van der Waals surface area contributed by atoms with E-state index in [0.29, 0.717) is 5.56 Å². The molecule has 1 fully saturated rings. The van der Waals surface area contributed by atoms with Crippen LogP contribution in [0.2, 0.25) is 0 Å². The molecule has 1 aliphatic rings. The summed E-state index contributed by atoms with van der Waals surface area (Å²) in [5.41, 5.74) is -0.206. The highest BCUT2D eigenvalue weighted by molar-refractivity contribution is 5.94. The predicted octanol–water partition coefficient (Wildman–Crippen LogP) is 2.71. The molecule has 0 aromatic heterocycles. The topological polar surface area (TPSA) is 58.6 Å². The second kappa shape index (κ2) is 6.85. The summed E-state index contributed by atoms with van der Waals surface area (Å²) in [6.45, 7) is -2.98. The van der Waals surface area contributed by atoms with E-state index >= 15 is 0 Å². The zero-order valence-corrected chi connectivity index (χ0v) is 11.6. The number of hydrogen-bond donors (Lipinski definition) is 2. The van der Waals surface area contributed by atoms with Gasteiger partial charge in [-0.3, -0.25) is 4.79 Å². The van der Waals surface area contributed by atoms with Gasteiger partial charge in [-0.1, -0.05) is 19.3 Å². The first-order chi connectivity index (χ1) is 10.0. The minimum absolute atomic E-state index is 0.0103. The van der Waals surface area contributed by atoms with Crippen LogP contribution in [0.3, 0.4) is 0 Å². The van der Waals surface area contributed by atoms with Crippen molar-refractivity contribution in [1.82, 2.24) is 5.32 Å². The number of carbonyl (C=O) groups is 1. The van der Waals surface area contributed by atoms with Gasteiger partial charge in [-0.25, -0.2) is 0 Å². The fraction of sp³-hybridized carbons (Fsp3) is 0.533. The number of rotatable bonds is 5. The van der Waals surface area contributed by atoms with Crippen LogP contribution in [0.1, 0.15) is 42.5 Å². The molecular weight excluding hydrogens is 280 g/mol. The number of halogens is 2. The number of aliphatic hydroxyl groups is 1. The lowest BCUT2D eigenvalue weighted by atomic mass is 9.82. The largest absolute Gasteiger partial charge is 0.435 e. The summed E-state index contributed by atoms with van der Waals surface area (Å²) in [5.74, 6) is -0.300. The van der Waals surface area contributed by atoms with Crippen LogP contribution in [0.4, 0.5) is 8.78 Å². The Bertz CT molecular complexity index is 470. The highest BCUT2D eigenvalue weighted by Gasteiger charge is 2.33. The van der Waals surface area contributed by atoms with Crippen molar-refractivity contribution in [2.24, 2.45) is 0 Å². The number of benzene rings is 1. The first-order valence-electron chi connectivity index (χ1n) is 7.03. The van der Waals surface area contributed by atoms with Crippen LogP contribution in [0, 0.1) is 0 Å². The Balaban J connectivity index is 2.02. The number of hydrogen-bond acceptors (Lipinski definition) is 3. The van der Waals surface area contributed by atoms with Crippen LogP contribution in [0.5, 0.6) is 5.75 Å². The van der Waals surface area contributed by atoms with Crippen molar-refractivity contribution in [3.63, 3.8) is 0 Å². The van der Waals surface area contributed by atoms with Crippen LogP contribution < -0.4 is 10.1 Å². The molecule has 0 spiro atoms. The van der Waals surface area contributed by atoms with Crippen molar-refractivity contribution in [3.05, 3.63) is 29.8 Å². The zero-order chi connectivity index (χ0) is 15.3. The first-order valence-corrected chi connectivity index (χ1v) is 7.03. The Kier molecular flexibility index (Phi) is 5.12. The molecule has 0 atom stereocenters. The summed E-state index contributed by atoms with van der Waals surface area (Å²) in [6.07, 6.45) is 4.56. The summed E-state index contributed by atoms with van der Waals surface area (Å²) < 4.78 is 28.3. The molecule has 116 valence electrons. The highest BCUT2D eigenvalue weighted by Crippen LogP contribution is 2.28. The Morgan fingerprint density at radius 1 is 1.24 bits per heavy atom. The van der Waals surface area contributed by atoms with Gasteiger partial charge in [0.25, 0.3) is 5.91 Å². The molecule has 0 saturated heterocycles. The number of carbonyl (C=O) groups excluding carboxylic acids is 1. The molecule has 6 heteroatoms. The van der Waals surface area contributed by atoms with Gasteiger partial charge in [-0.15, -0.1) is 0 Å². The summed E-state index contributed by atoms with van der Waals surface area (Å²) in [4.78, 5) is 12.2. The minimum atomic E-state index is -2.88. The van der Waals surface area contributed by atoms with Gasteiger partial charge >= 0.3 is 6.61 Å². The highest BCUT2D eigenvalue weighted by atomic mass is 19.3. The van der Waals surface area contributed by atoms with E-state index in [-0.39, 0.29) is 18.3 Å². The summed E-state index contributed by atoms with van der Waals surface area (Å²) in [6, 6.07) is 5.52. The molecule has 0 radical (unpaired) electrons. The van der Waals surface area contributed by atoms with Crippen LogP contribution >= 0.6 is 0 Å². The van der Waals surface area contributed by atoms with Gasteiger partial charge in [0, 0.05) is 5.56 Å². The SMILES string of the molecule is O=C(NC1(CO)CCCCC1)c1ccc(OC(F)F)cc1. The molecule has 1 aliphatic carbocycles. The molecule has 1 amide bonds. The molecule has 21 heavy (non-hydrogen) atoms. The molecule has 0 unspecified atom stereocenters. The fourth-order valence-corrected chi connectivity index (χ4v) is 2.65. The fourth-order valence-electron chi connectivity index (χ4n) is 2.65. The van der Waals surface area contributed by atoms with Crippen molar-refractivity contribution < 1.29 is 23.4 Å². The van der Waals surface area contributed by atoms with Crippen LogP contribution in [-0.4, -0.2) is 29.8 Å². The van der Waals surface area contributed by atoms with Gasteiger partial charge in [0.05, 0.1) is 12.1 Å². The van der Waals surface area contributed by atoms with Crippen LogP contribution in [-0.2, 0) is 0 Å². The third-order valence-electron chi connectivity index (χ3n) is 3.83.